The number of aromatic carboxylic acids is 1. The second-order valence-corrected chi connectivity index (χ2v) is 7.21. The lowest BCUT2D eigenvalue weighted by atomic mass is 10.4. The van der Waals surface area contributed by atoms with Gasteiger partial charge in [0, 0.05) is 0 Å². The van der Waals surface area contributed by atoms with Crippen LogP contribution in [0.3, 0.4) is 0 Å². The maximum Gasteiger partial charge on any atom is 0.348 e. The molecule has 0 aromatic carbocycles. The van der Waals surface area contributed by atoms with Gasteiger partial charge in [-0.3, -0.25) is 4.72 Å². The lowest BCUT2D eigenvalue weighted by Crippen LogP contribution is -2.13. The number of nitriles is 1. The van der Waals surface area contributed by atoms with Crippen LogP contribution in [0.1, 0.15) is 14.5 Å². The highest BCUT2D eigenvalue weighted by Crippen LogP contribution is 2.27. The molecular formula is C10H6N2O4S3. The van der Waals surface area contributed by atoms with E-state index in [9.17, 15) is 13.2 Å². The van der Waals surface area contributed by atoms with Crippen molar-refractivity contribution in [3.63, 3.8) is 0 Å². The quantitative estimate of drug-likeness (QED) is 0.899. The molecule has 98 valence electrons. The zero-order chi connectivity index (χ0) is 14.0. The molecule has 0 aliphatic carbocycles. The summed E-state index contributed by atoms with van der Waals surface area (Å²) < 4.78 is 26.2. The van der Waals surface area contributed by atoms with Crippen molar-refractivity contribution in [3.05, 3.63) is 33.3 Å². The largest absolute Gasteiger partial charge is 0.477 e. The number of nitrogens with one attached hydrogen (secondary N) is 1. The number of carboxylic acid groups (broad SMARTS) is 1. The predicted molar refractivity (Wildman–Crippen MR) is 71.1 cm³/mol. The summed E-state index contributed by atoms with van der Waals surface area (Å²) in [7, 11) is -3.87. The lowest BCUT2D eigenvalue weighted by molar-refractivity contribution is 0.0703. The van der Waals surface area contributed by atoms with Gasteiger partial charge in [0.1, 0.15) is 20.0 Å². The Labute approximate surface area is 116 Å². The van der Waals surface area contributed by atoms with Gasteiger partial charge >= 0.3 is 5.97 Å². The molecule has 0 amide bonds. The number of hydrogen-bond donors (Lipinski definition) is 2. The summed E-state index contributed by atoms with van der Waals surface area (Å²) in [4.78, 5) is 11.1. The van der Waals surface area contributed by atoms with E-state index in [2.05, 4.69) is 4.72 Å². The molecule has 0 spiro atoms. The van der Waals surface area contributed by atoms with Gasteiger partial charge in [-0.05, 0) is 23.6 Å². The SMILES string of the molecule is N#Cc1ccc(S(=O)(=O)Nc2ccsc2C(=O)O)s1. The minimum atomic E-state index is -3.87. The molecule has 0 unspecified atom stereocenters. The molecule has 0 fully saturated rings. The highest BCUT2D eigenvalue weighted by molar-refractivity contribution is 7.94. The monoisotopic (exact) mass is 314 g/mol. The topological polar surface area (TPSA) is 107 Å². The van der Waals surface area contributed by atoms with E-state index in [4.69, 9.17) is 10.4 Å². The Kier molecular flexibility index (Phi) is 3.57. The Hall–Kier alpha value is -1.89. The Morgan fingerprint density at radius 2 is 2.11 bits per heavy atom. The van der Waals surface area contributed by atoms with Crippen molar-refractivity contribution < 1.29 is 18.3 Å². The fourth-order valence-electron chi connectivity index (χ4n) is 1.27. The molecule has 0 bridgehead atoms. The summed E-state index contributed by atoms with van der Waals surface area (Å²) in [6.07, 6.45) is 0. The molecule has 2 aromatic rings. The average molecular weight is 314 g/mol. The number of carboxylic acids is 1. The number of thiophene rings is 2. The molecule has 0 atom stereocenters. The molecule has 0 aliphatic rings. The summed E-state index contributed by atoms with van der Waals surface area (Å²) in [6.45, 7) is 0. The van der Waals surface area contributed by atoms with E-state index in [1.807, 2.05) is 6.07 Å². The third-order valence-corrected chi connectivity index (χ3v) is 5.81. The fourth-order valence-corrected chi connectivity index (χ4v) is 4.20. The number of sulfonamides is 1. The zero-order valence-corrected chi connectivity index (χ0v) is 11.6. The van der Waals surface area contributed by atoms with Gasteiger partial charge in [0.05, 0.1) is 5.69 Å². The Morgan fingerprint density at radius 3 is 2.68 bits per heavy atom. The van der Waals surface area contributed by atoms with Gasteiger partial charge < -0.3 is 5.11 Å². The first-order valence-corrected chi connectivity index (χ1v) is 7.95. The van der Waals surface area contributed by atoms with Crippen LogP contribution in [0.5, 0.6) is 0 Å². The molecule has 0 saturated carbocycles. The van der Waals surface area contributed by atoms with Crippen LogP contribution in [-0.2, 0) is 10.0 Å². The van der Waals surface area contributed by atoms with E-state index < -0.39 is 16.0 Å². The van der Waals surface area contributed by atoms with Gasteiger partial charge in [0.2, 0.25) is 0 Å². The number of nitrogens with zero attached hydrogens (tertiary/aromatic N) is 1. The number of anilines is 1. The van der Waals surface area contributed by atoms with Crippen LogP contribution in [0.4, 0.5) is 5.69 Å². The van der Waals surface area contributed by atoms with E-state index in [0.29, 0.717) is 0 Å². The van der Waals surface area contributed by atoms with Gasteiger partial charge in [-0.1, -0.05) is 0 Å². The average Bonchev–Trinajstić information content (AvgIpc) is 2.95. The van der Waals surface area contributed by atoms with Crippen molar-refractivity contribution in [2.24, 2.45) is 0 Å². The van der Waals surface area contributed by atoms with Crippen molar-refractivity contribution in [2.75, 3.05) is 4.72 Å². The molecule has 0 saturated heterocycles. The van der Waals surface area contributed by atoms with E-state index in [1.165, 1.54) is 23.6 Å². The highest BCUT2D eigenvalue weighted by atomic mass is 32.2. The van der Waals surface area contributed by atoms with Gasteiger partial charge in [0.25, 0.3) is 10.0 Å². The van der Waals surface area contributed by atoms with E-state index in [0.717, 1.165) is 22.7 Å². The number of rotatable bonds is 4. The second kappa shape index (κ2) is 5.00. The first-order chi connectivity index (χ1) is 8.94. The van der Waals surface area contributed by atoms with Gasteiger partial charge in [-0.15, -0.1) is 22.7 Å². The van der Waals surface area contributed by atoms with Crippen molar-refractivity contribution in [1.82, 2.24) is 0 Å². The van der Waals surface area contributed by atoms with E-state index in [-0.39, 0.29) is 19.7 Å². The molecule has 2 N–H and O–H groups in total. The van der Waals surface area contributed by atoms with Crippen LogP contribution >= 0.6 is 22.7 Å². The highest BCUT2D eigenvalue weighted by Gasteiger charge is 2.21. The zero-order valence-electron chi connectivity index (χ0n) is 9.15. The molecule has 6 nitrogen and oxygen atoms in total. The maximum atomic E-state index is 12.0. The van der Waals surface area contributed by atoms with Crippen LogP contribution in [-0.4, -0.2) is 19.5 Å². The molecule has 0 aliphatic heterocycles. The minimum absolute atomic E-state index is 0.0180. The fraction of sp³-hybridized carbons (Fsp3) is 0. The predicted octanol–water partition coefficient (Wildman–Crippen LogP) is 2.18. The van der Waals surface area contributed by atoms with Crippen LogP contribution in [0.25, 0.3) is 0 Å². The Morgan fingerprint density at radius 1 is 1.37 bits per heavy atom. The van der Waals surface area contributed by atoms with Crippen molar-refractivity contribution in [1.29, 1.82) is 5.26 Å². The molecule has 19 heavy (non-hydrogen) atoms. The third kappa shape index (κ3) is 2.76. The number of hydrogen-bond acceptors (Lipinski definition) is 6. The van der Waals surface area contributed by atoms with E-state index >= 15 is 0 Å². The van der Waals surface area contributed by atoms with Crippen molar-refractivity contribution >= 4 is 44.4 Å². The summed E-state index contributed by atoms with van der Waals surface area (Å²) in [6, 6.07) is 5.92. The van der Waals surface area contributed by atoms with Crippen LogP contribution < -0.4 is 4.72 Å². The van der Waals surface area contributed by atoms with Crippen molar-refractivity contribution in [3.8, 4) is 6.07 Å². The van der Waals surface area contributed by atoms with E-state index in [1.54, 1.807) is 0 Å². The minimum Gasteiger partial charge on any atom is -0.477 e. The maximum absolute atomic E-state index is 12.0. The molecule has 2 rings (SSSR count). The van der Waals surface area contributed by atoms with Gasteiger partial charge in [0.15, 0.2) is 0 Å². The first kappa shape index (κ1) is 13.5. The molecular weight excluding hydrogens is 308 g/mol. The number of carbonyl (C=O) groups is 1. The summed E-state index contributed by atoms with van der Waals surface area (Å²) in [5, 5.41) is 19.0. The van der Waals surface area contributed by atoms with Crippen LogP contribution in [0, 0.1) is 11.3 Å². The van der Waals surface area contributed by atoms with Crippen LogP contribution in [0.15, 0.2) is 27.8 Å². The van der Waals surface area contributed by atoms with Crippen LogP contribution in [0.2, 0.25) is 0 Å². The molecule has 2 heterocycles. The Bertz CT molecular complexity index is 767. The van der Waals surface area contributed by atoms with Gasteiger partial charge in [-0.25, -0.2) is 13.2 Å². The van der Waals surface area contributed by atoms with Gasteiger partial charge in [-0.2, -0.15) is 5.26 Å². The third-order valence-electron chi connectivity index (χ3n) is 2.06. The summed E-state index contributed by atoms with van der Waals surface area (Å²) >= 11 is 1.75. The smallest absolute Gasteiger partial charge is 0.348 e. The molecule has 0 radical (unpaired) electrons. The second-order valence-electron chi connectivity index (χ2n) is 3.30. The summed E-state index contributed by atoms with van der Waals surface area (Å²) in [5.41, 5.74) is 0.0180. The molecule has 9 heteroatoms. The first-order valence-electron chi connectivity index (χ1n) is 4.77. The van der Waals surface area contributed by atoms with Crippen molar-refractivity contribution in [2.45, 2.75) is 4.21 Å². The normalized spacial score (nSPS) is 10.9. The lowest BCUT2D eigenvalue weighted by Gasteiger charge is -2.04. The molecule has 2 aromatic heterocycles. The standard InChI is InChI=1S/C10H6N2O4S3/c11-5-6-1-2-8(18-6)19(15,16)12-7-3-4-17-9(7)10(13)14/h1-4,12H,(H,13,14). The summed E-state index contributed by atoms with van der Waals surface area (Å²) in [5.74, 6) is -1.20. The Balaban J connectivity index is 2.34.